The molecule has 2 amide bonds. The molecule has 0 spiro atoms. The molecule has 9 heteroatoms. The molecular weight excluding hydrogens is 420 g/mol. The Morgan fingerprint density at radius 1 is 0.935 bits per heavy atom. The lowest BCUT2D eigenvalue weighted by molar-refractivity contribution is -0.0584. The van der Waals surface area contributed by atoms with Crippen molar-refractivity contribution >= 4 is 27.8 Å². The lowest BCUT2D eigenvalue weighted by Crippen LogP contribution is -2.42. The number of hydrogen-bond acceptors (Lipinski definition) is 6. The minimum absolute atomic E-state index is 0.0365. The quantitative estimate of drug-likeness (QED) is 0.675. The van der Waals surface area contributed by atoms with Crippen LogP contribution in [0.4, 0.5) is 0 Å². The van der Waals surface area contributed by atoms with Crippen molar-refractivity contribution in [3.05, 3.63) is 65.2 Å². The molecule has 1 saturated heterocycles. The largest absolute Gasteiger partial charge is 0.363 e. The number of carbonyl (C=O) groups is 3. The van der Waals surface area contributed by atoms with Crippen molar-refractivity contribution in [3.63, 3.8) is 0 Å². The van der Waals surface area contributed by atoms with Crippen molar-refractivity contribution in [3.8, 4) is 0 Å². The third-order valence-corrected chi connectivity index (χ3v) is 7.30. The highest BCUT2D eigenvalue weighted by Crippen LogP contribution is 2.28. The normalized spacial score (nSPS) is 21.8. The van der Waals surface area contributed by atoms with Crippen LogP contribution >= 0.6 is 0 Å². The molecule has 1 fully saturated rings. The first kappa shape index (κ1) is 21.2. The van der Waals surface area contributed by atoms with Gasteiger partial charge in [-0.15, -0.1) is 0 Å². The second kappa shape index (κ2) is 7.90. The van der Waals surface area contributed by atoms with E-state index >= 15 is 0 Å². The monoisotopic (exact) mass is 442 g/mol. The minimum Gasteiger partial charge on any atom is -0.324 e. The molecule has 2 unspecified atom stereocenters. The average molecular weight is 442 g/mol. The van der Waals surface area contributed by atoms with Crippen LogP contribution in [0.2, 0.25) is 0 Å². The number of carbonyl (C=O) groups excluding carboxylic acids is 3. The summed E-state index contributed by atoms with van der Waals surface area (Å²) in [6, 6.07) is 11.6. The standard InChI is InChI=1S/C22H22N2O6S/c1-14-10-15(2)13-23(12-14)31(28,29)17-7-5-6-16(11-17)22(27)30-24-20(25)18-8-3-4-9-19(18)21(24)26/h3-9,11,14-15H,10,12-13H2,1-2H3. The van der Waals surface area contributed by atoms with E-state index < -0.39 is 27.8 Å². The van der Waals surface area contributed by atoms with E-state index in [9.17, 15) is 22.8 Å². The molecule has 2 aliphatic heterocycles. The minimum atomic E-state index is -3.80. The maximum absolute atomic E-state index is 13.1. The van der Waals surface area contributed by atoms with E-state index in [1.165, 1.54) is 40.7 Å². The Bertz CT molecular complexity index is 1130. The van der Waals surface area contributed by atoms with Crippen LogP contribution in [0.3, 0.4) is 0 Å². The summed E-state index contributed by atoms with van der Waals surface area (Å²) in [7, 11) is -3.80. The number of sulfonamides is 1. The third-order valence-electron chi connectivity index (χ3n) is 5.47. The van der Waals surface area contributed by atoms with Gasteiger partial charge in [0.05, 0.1) is 21.6 Å². The van der Waals surface area contributed by atoms with E-state index in [4.69, 9.17) is 4.84 Å². The molecule has 162 valence electrons. The second-order valence-electron chi connectivity index (χ2n) is 8.12. The molecule has 2 atom stereocenters. The molecule has 8 nitrogen and oxygen atoms in total. The molecule has 31 heavy (non-hydrogen) atoms. The van der Waals surface area contributed by atoms with Gasteiger partial charge in [-0.2, -0.15) is 4.31 Å². The first-order chi connectivity index (χ1) is 14.7. The predicted molar refractivity (Wildman–Crippen MR) is 111 cm³/mol. The topological polar surface area (TPSA) is 101 Å². The van der Waals surface area contributed by atoms with Crippen LogP contribution in [-0.2, 0) is 14.9 Å². The van der Waals surface area contributed by atoms with Gasteiger partial charge in [-0.05, 0) is 48.6 Å². The van der Waals surface area contributed by atoms with Crippen LogP contribution in [0.15, 0.2) is 53.4 Å². The second-order valence-corrected chi connectivity index (χ2v) is 10.1. The summed E-state index contributed by atoms with van der Waals surface area (Å²) in [5.74, 6) is -2.00. The number of rotatable bonds is 4. The zero-order valence-corrected chi connectivity index (χ0v) is 18.0. The van der Waals surface area contributed by atoms with Gasteiger partial charge in [0.25, 0.3) is 11.8 Å². The van der Waals surface area contributed by atoms with E-state index in [1.54, 1.807) is 12.1 Å². The molecule has 0 bridgehead atoms. The van der Waals surface area contributed by atoms with Crippen molar-refractivity contribution < 1.29 is 27.6 Å². The van der Waals surface area contributed by atoms with Gasteiger partial charge in [0, 0.05) is 13.1 Å². The zero-order valence-electron chi connectivity index (χ0n) is 17.1. The summed E-state index contributed by atoms with van der Waals surface area (Å²) in [6.45, 7) is 4.84. The fraction of sp³-hybridized carbons (Fsp3) is 0.318. The van der Waals surface area contributed by atoms with Crippen LogP contribution in [0.5, 0.6) is 0 Å². The van der Waals surface area contributed by atoms with Crippen molar-refractivity contribution in [1.29, 1.82) is 0 Å². The van der Waals surface area contributed by atoms with Gasteiger partial charge in [-0.1, -0.05) is 37.1 Å². The molecule has 0 aromatic heterocycles. The van der Waals surface area contributed by atoms with Crippen LogP contribution < -0.4 is 0 Å². The number of hydrogen-bond donors (Lipinski definition) is 0. The van der Waals surface area contributed by atoms with Crippen molar-refractivity contribution in [1.82, 2.24) is 9.37 Å². The van der Waals surface area contributed by atoms with Crippen LogP contribution in [0.1, 0.15) is 51.3 Å². The van der Waals surface area contributed by atoms with E-state index in [0.29, 0.717) is 18.2 Å². The number of imide groups is 1. The van der Waals surface area contributed by atoms with Gasteiger partial charge in [0.1, 0.15) is 0 Å². The molecule has 2 aliphatic rings. The van der Waals surface area contributed by atoms with E-state index in [-0.39, 0.29) is 33.4 Å². The first-order valence-corrected chi connectivity index (χ1v) is 11.4. The summed E-state index contributed by atoms with van der Waals surface area (Å²) < 4.78 is 27.6. The highest BCUT2D eigenvalue weighted by Gasteiger charge is 2.39. The lowest BCUT2D eigenvalue weighted by atomic mass is 9.94. The molecule has 0 saturated carbocycles. The Kier molecular flexibility index (Phi) is 5.40. The highest BCUT2D eigenvalue weighted by atomic mass is 32.2. The smallest absolute Gasteiger partial charge is 0.324 e. The fourth-order valence-corrected chi connectivity index (χ4v) is 5.85. The Hall–Kier alpha value is -3.04. The number of fused-ring (bicyclic) bond motifs is 1. The number of hydroxylamine groups is 2. The van der Waals surface area contributed by atoms with Gasteiger partial charge >= 0.3 is 5.97 Å². The first-order valence-electron chi connectivity index (χ1n) is 9.99. The number of piperidine rings is 1. The summed E-state index contributed by atoms with van der Waals surface area (Å²) in [5.41, 5.74) is 0.214. The van der Waals surface area contributed by atoms with Crippen LogP contribution in [0.25, 0.3) is 0 Å². The van der Waals surface area contributed by atoms with Crippen molar-refractivity contribution in [2.45, 2.75) is 25.2 Å². The Morgan fingerprint density at radius 2 is 1.52 bits per heavy atom. The maximum atomic E-state index is 13.1. The zero-order chi connectivity index (χ0) is 22.3. The van der Waals surface area contributed by atoms with Crippen molar-refractivity contribution in [2.75, 3.05) is 13.1 Å². The maximum Gasteiger partial charge on any atom is 0.363 e. The Morgan fingerprint density at radius 3 is 2.10 bits per heavy atom. The third kappa shape index (κ3) is 3.86. The van der Waals surface area contributed by atoms with Crippen molar-refractivity contribution in [2.24, 2.45) is 11.8 Å². The Balaban J connectivity index is 1.55. The van der Waals surface area contributed by atoms with Gasteiger partial charge in [0.15, 0.2) is 0 Å². The van der Waals surface area contributed by atoms with Gasteiger partial charge in [-0.25, -0.2) is 13.2 Å². The number of nitrogens with zero attached hydrogens (tertiary/aromatic N) is 2. The van der Waals surface area contributed by atoms with Crippen LogP contribution in [-0.4, -0.2) is 48.7 Å². The summed E-state index contributed by atoms with van der Waals surface area (Å²) >= 11 is 0. The average Bonchev–Trinajstić information content (AvgIpc) is 2.98. The number of benzene rings is 2. The van der Waals surface area contributed by atoms with Crippen LogP contribution in [0, 0.1) is 11.8 Å². The molecule has 0 N–H and O–H groups in total. The summed E-state index contributed by atoms with van der Waals surface area (Å²) in [6.07, 6.45) is 0.957. The molecule has 0 aliphatic carbocycles. The van der Waals surface area contributed by atoms with E-state index in [2.05, 4.69) is 0 Å². The molecule has 2 aromatic rings. The van der Waals surface area contributed by atoms with Gasteiger partial charge in [-0.3, -0.25) is 9.59 Å². The Labute approximate surface area is 180 Å². The lowest BCUT2D eigenvalue weighted by Gasteiger charge is -2.34. The summed E-state index contributed by atoms with van der Waals surface area (Å²) in [4.78, 5) is 42.4. The molecular formula is C22H22N2O6S. The molecule has 2 aromatic carbocycles. The molecule has 0 radical (unpaired) electrons. The molecule has 4 rings (SSSR count). The van der Waals surface area contributed by atoms with Gasteiger partial charge < -0.3 is 4.84 Å². The van der Waals surface area contributed by atoms with E-state index in [0.717, 1.165) is 6.42 Å². The van der Waals surface area contributed by atoms with E-state index in [1.807, 2.05) is 13.8 Å². The summed E-state index contributed by atoms with van der Waals surface area (Å²) in [5, 5.41) is 0.405. The highest BCUT2D eigenvalue weighted by molar-refractivity contribution is 7.89. The number of amides is 2. The predicted octanol–water partition coefficient (Wildman–Crippen LogP) is 2.72. The SMILES string of the molecule is CC1CC(C)CN(S(=O)(=O)c2cccc(C(=O)ON3C(=O)c4ccccc4C3=O)c2)C1. The fourth-order valence-electron chi connectivity index (χ4n) is 4.12. The molecule has 2 heterocycles. The van der Waals surface area contributed by atoms with Gasteiger partial charge in [0.2, 0.25) is 10.0 Å².